The van der Waals surface area contributed by atoms with Crippen LogP contribution in [-0.2, 0) is 19.4 Å². The summed E-state index contributed by atoms with van der Waals surface area (Å²) in [7, 11) is 0. The van der Waals surface area contributed by atoms with Crippen LogP contribution in [0.15, 0.2) is 24.3 Å². The molecule has 2 aromatic rings. The molecule has 0 aliphatic heterocycles. The SMILES string of the molecule is O=C(O)c1cc(-c2ccc3c(c2)CCC3)n(CCO)n1. The van der Waals surface area contributed by atoms with Crippen LogP contribution in [0.25, 0.3) is 11.3 Å². The maximum Gasteiger partial charge on any atom is 0.356 e. The minimum atomic E-state index is -1.05. The maximum atomic E-state index is 11.1. The Labute approximate surface area is 116 Å². The summed E-state index contributed by atoms with van der Waals surface area (Å²) in [5.41, 5.74) is 4.41. The van der Waals surface area contributed by atoms with Crippen molar-refractivity contribution < 1.29 is 15.0 Å². The van der Waals surface area contributed by atoms with E-state index in [4.69, 9.17) is 10.2 Å². The number of aromatic nitrogens is 2. The summed E-state index contributed by atoms with van der Waals surface area (Å²) in [6, 6.07) is 7.78. The number of hydrogen-bond acceptors (Lipinski definition) is 3. The van der Waals surface area contributed by atoms with Crippen LogP contribution in [0.2, 0.25) is 0 Å². The van der Waals surface area contributed by atoms with E-state index in [0.717, 1.165) is 24.1 Å². The predicted octanol–water partition coefficient (Wildman–Crippen LogP) is 1.73. The molecule has 5 heteroatoms. The van der Waals surface area contributed by atoms with Crippen LogP contribution in [0.4, 0.5) is 0 Å². The van der Waals surface area contributed by atoms with Gasteiger partial charge in [-0.05, 0) is 42.5 Å². The number of carbonyl (C=O) groups is 1. The van der Waals surface area contributed by atoms with Crippen molar-refractivity contribution in [3.63, 3.8) is 0 Å². The Hall–Kier alpha value is -2.14. The predicted molar refractivity (Wildman–Crippen MR) is 73.7 cm³/mol. The smallest absolute Gasteiger partial charge is 0.356 e. The Morgan fingerprint density at radius 1 is 1.25 bits per heavy atom. The number of rotatable bonds is 4. The van der Waals surface area contributed by atoms with E-state index in [2.05, 4.69) is 17.2 Å². The first-order valence-electron chi connectivity index (χ1n) is 6.73. The van der Waals surface area contributed by atoms with Crippen molar-refractivity contribution in [1.29, 1.82) is 0 Å². The zero-order valence-electron chi connectivity index (χ0n) is 11.0. The molecule has 5 nitrogen and oxygen atoms in total. The Balaban J connectivity index is 2.06. The van der Waals surface area contributed by atoms with Crippen molar-refractivity contribution in [2.75, 3.05) is 6.61 Å². The number of fused-ring (bicyclic) bond motifs is 1. The molecule has 0 fully saturated rings. The third-order valence-electron chi connectivity index (χ3n) is 3.71. The van der Waals surface area contributed by atoms with E-state index in [0.29, 0.717) is 6.54 Å². The number of benzene rings is 1. The van der Waals surface area contributed by atoms with Crippen LogP contribution in [0.5, 0.6) is 0 Å². The molecule has 1 aromatic heterocycles. The molecule has 1 aliphatic rings. The number of aliphatic hydroxyl groups is 1. The highest BCUT2D eigenvalue weighted by Gasteiger charge is 2.17. The van der Waals surface area contributed by atoms with Crippen molar-refractivity contribution in [2.45, 2.75) is 25.8 Å². The lowest BCUT2D eigenvalue weighted by Gasteiger charge is -2.07. The summed E-state index contributed by atoms with van der Waals surface area (Å²) in [5.74, 6) is -1.05. The fourth-order valence-corrected chi connectivity index (χ4v) is 2.75. The van der Waals surface area contributed by atoms with Crippen molar-refractivity contribution >= 4 is 5.97 Å². The molecular formula is C15H16N2O3. The second kappa shape index (κ2) is 5.09. The van der Waals surface area contributed by atoms with Gasteiger partial charge >= 0.3 is 5.97 Å². The summed E-state index contributed by atoms with van der Waals surface area (Å²) >= 11 is 0. The first-order chi connectivity index (χ1) is 9.69. The molecule has 0 atom stereocenters. The van der Waals surface area contributed by atoms with Crippen molar-refractivity contribution in [3.05, 3.63) is 41.1 Å². The van der Waals surface area contributed by atoms with Crippen LogP contribution in [-0.4, -0.2) is 32.6 Å². The summed E-state index contributed by atoms with van der Waals surface area (Å²) in [5, 5.41) is 22.2. The van der Waals surface area contributed by atoms with Gasteiger partial charge in [0.2, 0.25) is 0 Å². The fourth-order valence-electron chi connectivity index (χ4n) is 2.75. The highest BCUT2D eigenvalue weighted by Crippen LogP contribution is 2.28. The van der Waals surface area contributed by atoms with Crippen LogP contribution in [0.3, 0.4) is 0 Å². The zero-order chi connectivity index (χ0) is 14.1. The van der Waals surface area contributed by atoms with Crippen molar-refractivity contribution in [1.82, 2.24) is 9.78 Å². The lowest BCUT2D eigenvalue weighted by atomic mass is 10.0. The number of aliphatic hydroxyl groups excluding tert-OH is 1. The lowest BCUT2D eigenvalue weighted by Crippen LogP contribution is -2.07. The van der Waals surface area contributed by atoms with E-state index in [9.17, 15) is 4.79 Å². The standard InChI is InChI=1S/C15H16N2O3/c18-7-6-17-14(9-13(16-17)15(19)20)12-5-4-10-2-1-3-11(10)8-12/h4-5,8-9,18H,1-3,6-7H2,(H,19,20). The fraction of sp³-hybridized carbons (Fsp3) is 0.333. The average Bonchev–Trinajstić information content (AvgIpc) is 3.04. The van der Waals surface area contributed by atoms with E-state index in [1.54, 1.807) is 10.7 Å². The third kappa shape index (κ3) is 2.20. The van der Waals surface area contributed by atoms with Gasteiger partial charge in [-0.3, -0.25) is 4.68 Å². The van der Waals surface area contributed by atoms with E-state index in [-0.39, 0.29) is 12.3 Å². The van der Waals surface area contributed by atoms with Gasteiger partial charge in [-0.25, -0.2) is 4.79 Å². The summed E-state index contributed by atoms with van der Waals surface area (Å²) in [6.07, 6.45) is 3.37. The largest absolute Gasteiger partial charge is 0.476 e. The first-order valence-corrected chi connectivity index (χ1v) is 6.73. The van der Waals surface area contributed by atoms with Crippen LogP contribution in [0.1, 0.15) is 28.0 Å². The second-order valence-electron chi connectivity index (χ2n) is 5.00. The molecule has 104 valence electrons. The van der Waals surface area contributed by atoms with Gasteiger partial charge in [0.25, 0.3) is 0 Å². The number of nitrogens with zero attached hydrogens (tertiary/aromatic N) is 2. The number of carboxylic acid groups (broad SMARTS) is 1. The molecule has 2 N–H and O–H groups in total. The molecule has 0 spiro atoms. The van der Waals surface area contributed by atoms with E-state index < -0.39 is 5.97 Å². The Bertz CT molecular complexity index is 661. The minimum Gasteiger partial charge on any atom is -0.476 e. The Morgan fingerprint density at radius 3 is 2.80 bits per heavy atom. The van der Waals surface area contributed by atoms with Gasteiger partial charge in [-0.15, -0.1) is 0 Å². The summed E-state index contributed by atoms with van der Waals surface area (Å²) in [4.78, 5) is 11.1. The molecule has 1 aromatic carbocycles. The van der Waals surface area contributed by atoms with Gasteiger partial charge in [0.15, 0.2) is 5.69 Å². The topological polar surface area (TPSA) is 75.3 Å². The second-order valence-corrected chi connectivity index (χ2v) is 5.00. The summed E-state index contributed by atoms with van der Waals surface area (Å²) < 4.78 is 1.56. The van der Waals surface area contributed by atoms with E-state index in [1.807, 2.05) is 6.07 Å². The molecule has 20 heavy (non-hydrogen) atoms. The molecule has 1 heterocycles. The lowest BCUT2D eigenvalue weighted by molar-refractivity contribution is 0.0689. The summed E-state index contributed by atoms with van der Waals surface area (Å²) in [6.45, 7) is 0.221. The van der Waals surface area contributed by atoms with E-state index >= 15 is 0 Å². The first kappa shape index (κ1) is 12.9. The molecule has 0 radical (unpaired) electrons. The van der Waals surface area contributed by atoms with Gasteiger partial charge in [0.1, 0.15) is 0 Å². The molecule has 0 saturated carbocycles. The Kier molecular flexibility index (Phi) is 3.28. The molecule has 3 rings (SSSR count). The normalized spacial score (nSPS) is 13.4. The number of hydrogen-bond donors (Lipinski definition) is 2. The highest BCUT2D eigenvalue weighted by molar-refractivity contribution is 5.87. The number of carboxylic acids is 1. The minimum absolute atomic E-state index is 0.00829. The quantitative estimate of drug-likeness (QED) is 0.888. The Morgan fingerprint density at radius 2 is 2.05 bits per heavy atom. The van der Waals surface area contributed by atoms with Crippen LogP contribution < -0.4 is 0 Å². The highest BCUT2D eigenvalue weighted by atomic mass is 16.4. The maximum absolute atomic E-state index is 11.1. The molecular weight excluding hydrogens is 256 g/mol. The van der Waals surface area contributed by atoms with Gasteiger partial charge < -0.3 is 10.2 Å². The van der Waals surface area contributed by atoms with Gasteiger partial charge in [0.05, 0.1) is 18.8 Å². The van der Waals surface area contributed by atoms with Crippen LogP contribution >= 0.6 is 0 Å². The molecule has 0 bridgehead atoms. The van der Waals surface area contributed by atoms with Crippen LogP contribution in [0, 0.1) is 0 Å². The van der Waals surface area contributed by atoms with E-state index in [1.165, 1.54) is 17.5 Å². The monoisotopic (exact) mass is 272 g/mol. The van der Waals surface area contributed by atoms with Gasteiger partial charge in [-0.1, -0.05) is 12.1 Å². The number of aromatic carboxylic acids is 1. The third-order valence-corrected chi connectivity index (χ3v) is 3.71. The average molecular weight is 272 g/mol. The molecule has 0 amide bonds. The molecule has 1 aliphatic carbocycles. The van der Waals surface area contributed by atoms with Gasteiger partial charge in [-0.2, -0.15) is 5.10 Å². The molecule has 0 saturated heterocycles. The van der Waals surface area contributed by atoms with Crippen molar-refractivity contribution in [2.24, 2.45) is 0 Å². The number of aryl methyl sites for hydroxylation is 2. The van der Waals surface area contributed by atoms with Crippen molar-refractivity contribution in [3.8, 4) is 11.3 Å². The molecule has 0 unspecified atom stereocenters. The van der Waals surface area contributed by atoms with Gasteiger partial charge in [0, 0.05) is 5.56 Å². The zero-order valence-corrected chi connectivity index (χ0v) is 11.0.